The van der Waals surface area contributed by atoms with E-state index < -0.39 is 11.7 Å². The lowest BCUT2D eigenvalue weighted by atomic mass is 10.1. The Labute approximate surface area is 122 Å². The number of hydrogen-bond acceptors (Lipinski definition) is 4. The van der Waals surface area contributed by atoms with E-state index in [0.29, 0.717) is 31.4 Å². The summed E-state index contributed by atoms with van der Waals surface area (Å²) >= 11 is 0. The third-order valence-electron chi connectivity index (χ3n) is 3.34. The number of alkyl halides is 3. The van der Waals surface area contributed by atoms with Gasteiger partial charge in [0.25, 0.3) is 0 Å². The largest absolute Gasteiger partial charge is 0.412 e. The minimum Gasteiger partial charge on any atom is -0.360 e. The Bertz CT molecular complexity index is 494. The summed E-state index contributed by atoms with van der Waals surface area (Å²) in [5.41, 5.74) is 0.375. The van der Waals surface area contributed by atoms with Gasteiger partial charge in [0.1, 0.15) is 0 Å². The van der Waals surface area contributed by atoms with Crippen molar-refractivity contribution in [2.24, 2.45) is 0 Å². The summed E-state index contributed by atoms with van der Waals surface area (Å²) in [4.78, 5) is 1.91. The summed E-state index contributed by atoms with van der Waals surface area (Å²) in [6, 6.07) is 2.21. The maximum Gasteiger partial charge on any atom is 0.412 e. The molecule has 0 amide bonds. The Morgan fingerprint density at radius 1 is 1.43 bits per heavy atom. The normalized spacial score (nSPS) is 17.3. The second-order valence-electron chi connectivity index (χ2n) is 5.53. The van der Waals surface area contributed by atoms with Gasteiger partial charge in [0.05, 0.1) is 12.2 Å². The van der Waals surface area contributed by atoms with Crippen LogP contribution in [0, 0.1) is 0 Å². The fourth-order valence-corrected chi connectivity index (χ4v) is 2.15. The van der Waals surface area contributed by atoms with Crippen molar-refractivity contribution in [3.8, 4) is 0 Å². The van der Waals surface area contributed by atoms with Crippen molar-refractivity contribution in [3.63, 3.8) is 0 Å². The first-order valence-corrected chi connectivity index (χ1v) is 7.01. The molecule has 118 valence electrons. The highest BCUT2D eigenvalue weighted by Gasteiger charge is 2.34. The summed E-state index contributed by atoms with van der Waals surface area (Å²) in [6.45, 7) is 5.86. The monoisotopic (exact) mass is 303 g/mol. The van der Waals surface area contributed by atoms with Crippen molar-refractivity contribution in [2.45, 2.75) is 45.6 Å². The maximum absolute atomic E-state index is 12.5. The maximum atomic E-state index is 12.5. The van der Waals surface area contributed by atoms with Crippen LogP contribution in [0.15, 0.2) is 22.2 Å². The van der Waals surface area contributed by atoms with Gasteiger partial charge in [-0.2, -0.15) is 13.2 Å². The molecule has 0 atom stereocenters. The van der Waals surface area contributed by atoms with E-state index in [1.54, 1.807) is 0 Å². The Balaban J connectivity index is 1.85. The number of halogens is 3. The molecule has 0 fully saturated rings. The molecule has 0 bridgehead atoms. The van der Waals surface area contributed by atoms with Gasteiger partial charge >= 0.3 is 6.18 Å². The third kappa shape index (κ3) is 4.86. The van der Waals surface area contributed by atoms with E-state index in [9.17, 15) is 13.2 Å². The predicted molar refractivity (Wildman–Crippen MR) is 72.5 cm³/mol. The van der Waals surface area contributed by atoms with Crippen LogP contribution in [0.25, 0.3) is 0 Å². The van der Waals surface area contributed by atoms with E-state index in [4.69, 9.17) is 4.52 Å². The molecule has 0 unspecified atom stereocenters. The van der Waals surface area contributed by atoms with Gasteiger partial charge in [-0.1, -0.05) is 25.1 Å². The van der Waals surface area contributed by atoms with Gasteiger partial charge in [-0.25, -0.2) is 0 Å². The van der Waals surface area contributed by atoms with E-state index in [2.05, 4.69) is 10.5 Å². The standard InChI is InChI=1S/C14H20F3N3O/c1-10(2)18-8-12-7-13(21-19-12)9-20-5-3-11(4-6-20)14(15,16)17/h3,7,10,18H,4-6,8-9H2,1-2H3. The lowest BCUT2D eigenvalue weighted by Gasteiger charge is -2.25. The smallest absolute Gasteiger partial charge is 0.360 e. The van der Waals surface area contributed by atoms with Crippen molar-refractivity contribution in [2.75, 3.05) is 13.1 Å². The third-order valence-corrected chi connectivity index (χ3v) is 3.34. The lowest BCUT2D eigenvalue weighted by Crippen LogP contribution is -2.31. The molecular weight excluding hydrogens is 283 g/mol. The van der Waals surface area contributed by atoms with Gasteiger partial charge in [0, 0.05) is 37.3 Å². The van der Waals surface area contributed by atoms with E-state index in [1.807, 2.05) is 24.8 Å². The molecule has 0 radical (unpaired) electrons. The summed E-state index contributed by atoms with van der Waals surface area (Å²) < 4.78 is 42.8. The molecule has 1 aliphatic rings. The summed E-state index contributed by atoms with van der Waals surface area (Å²) in [5, 5.41) is 7.18. The van der Waals surface area contributed by atoms with Crippen LogP contribution >= 0.6 is 0 Å². The molecule has 0 aliphatic carbocycles. The molecule has 2 rings (SSSR count). The summed E-state index contributed by atoms with van der Waals surface area (Å²) in [5.74, 6) is 0.680. The van der Waals surface area contributed by atoms with Crippen LogP contribution in [-0.2, 0) is 13.1 Å². The molecule has 7 heteroatoms. The van der Waals surface area contributed by atoms with E-state index in [1.165, 1.54) is 6.08 Å². The molecule has 0 spiro atoms. The molecule has 1 N–H and O–H groups in total. The number of rotatable bonds is 5. The summed E-state index contributed by atoms with van der Waals surface area (Å²) in [6.07, 6.45) is -2.92. The molecule has 2 heterocycles. The van der Waals surface area contributed by atoms with Crippen LogP contribution in [0.5, 0.6) is 0 Å². The van der Waals surface area contributed by atoms with Crippen LogP contribution in [-0.4, -0.2) is 35.4 Å². The van der Waals surface area contributed by atoms with Crippen molar-refractivity contribution >= 4 is 0 Å². The highest BCUT2D eigenvalue weighted by atomic mass is 19.4. The van der Waals surface area contributed by atoms with Crippen LogP contribution in [0.3, 0.4) is 0 Å². The van der Waals surface area contributed by atoms with E-state index >= 15 is 0 Å². The van der Waals surface area contributed by atoms with E-state index in [-0.39, 0.29) is 13.0 Å². The van der Waals surface area contributed by atoms with Gasteiger partial charge in [0.2, 0.25) is 0 Å². The molecule has 0 saturated carbocycles. The highest BCUT2D eigenvalue weighted by molar-refractivity contribution is 5.14. The second-order valence-corrected chi connectivity index (χ2v) is 5.53. The van der Waals surface area contributed by atoms with Gasteiger partial charge in [-0.05, 0) is 6.42 Å². The van der Waals surface area contributed by atoms with E-state index in [0.717, 1.165) is 5.69 Å². The quantitative estimate of drug-likeness (QED) is 0.849. The van der Waals surface area contributed by atoms with Crippen molar-refractivity contribution in [3.05, 3.63) is 29.2 Å². The van der Waals surface area contributed by atoms with Crippen LogP contribution in [0.4, 0.5) is 13.2 Å². The first kappa shape index (κ1) is 16.0. The van der Waals surface area contributed by atoms with Crippen molar-refractivity contribution < 1.29 is 17.7 Å². The Morgan fingerprint density at radius 3 is 2.76 bits per heavy atom. The predicted octanol–water partition coefficient (Wildman–Crippen LogP) is 2.87. The van der Waals surface area contributed by atoms with Crippen LogP contribution < -0.4 is 5.32 Å². The fourth-order valence-electron chi connectivity index (χ4n) is 2.15. The molecule has 0 saturated heterocycles. The van der Waals surface area contributed by atoms with Gasteiger partial charge in [-0.15, -0.1) is 0 Å². The van der Waals surface area contributed by atoms with Crippen molar-refractivity contribution in [1.29, 1.82) is 0 Å². The second kappa shape index (κ2) is 6.62. The Kier molecular flexibility index (Phi) is 5.05. The zero-order valence-corrected chi connectivity index (χ0v) is 12.2. The Hall–Kier alpha value is -1.34. The average Bonchev–Trinajstić information content (AvgIpc) is 2.83. The number of nitrogens with one attached hydrogen (secondary N) is 1. The molecule has 0 aromatic carbocycles. The van der Waals surface area contributed by atoms with Gasteiger partial charge < -0.3 is 9.84 Å². The topological polar surface area (TPSA) is 41.3 Å². The fraction of sp³-hybridized carbons (Fsp3) is 0.643. The first-order valence-electron chi connectivity index (χ1n) is 7.01. The summed E-state index contributed by atoms with van der Waals surface area (Å²) in [7, 11) is 0. The minimum absolute atomic E-state index is 0.0272. The Morgan fingerprint density at radius 2 is 2.19 bits per heavy atom. The number of aromatic nitrogens is 1. The first-order chi connectivity index (χ1) is 9.84. The zero-order valence-electron chi connectivity index (χ0n) is 12.2. The molecular formula is C14H20F3N3O. The average molecular weight is 303 g/mol. The SMILES string of the molecule is CC(C)NCc1cc(CN2CC=C(C(F)(F)F)CC2)on1. The van der Waals surface area contributed by atoms with Crippen molar-refractivity contribution in [1.82, 2.24) is 15.4 Å². The van der Waals surface area contributed by atoms with Crippen LogP contribution in [0.2, 0.25) is 0 Å². The zero-order chi connectivity index (χ0) is 15.5. The molecule has 1 aliphatic heterocycles. The molecule has 1 aromatic rings. The van der Waals surface area contributed by atoms with Gasteiger partial charge in [0.15, 0.2) is 5.76 Å². The molecule has 21 heavy (non-hydrogen) atoms. The number of nitrogens with zero attached hydrogens (tertiary/aromatic N) is 2. The lowest BCUT2D eigenvalue weighted by molar-refractivity contribution is -0.0961. The molecule has 4 nitrogen and oxygen atoms in total. The van der Waals surface area contributed by atoms with Crippen LogP contribution in [0.1, 0.15) is 31.7 Å². The highest BCUT2D eigenvalue weighted by Crippen LogP contribution is 2.30. The minimum atomic E-state index is -4.20. The molecule has 1 aromatic heterocycles. The van der Waals surface area contributed by atoms with Gasteiger partial charge in [-0.3, -0.25) is 4.90 Å². The number of hydrogen-bond donors (Lipinski definition) is 1.